The highest BCUT2D eigenvalue weighted by Gasteiger charge is 2.55. The number of pyridine rings is 1. The number of piperidine rings is 1. The fraction of sp³-hybridized carbons (Fsp3) is 0.462. The number of esters is 2. The van der Waals surface area contributed by atoms with Crippen LogP contribution in [0.1, 0.15) is 22.0 Å². The van der Waals surface area contributed by atoms with E-state index in [1.54, 1.807) is 12.1 Å². The summed E-state index contributed by atoms with van der Waals surface area (Å²) in [5.74, 6) is -3.07. The van der Waals surface area contributed by atoms with Gasteiger partial charge in [-0.3, -0.25) is 0 Å². The van der Waals surface area contributed by atoms with E-state index in [9.17, 15) is 22.8 Å². The number of halogens is 3. The van der Waals surface area contributed by atoms with Crippen molar-refractivity contribution in [2.45, 2.75) is 12.1 Å². The third kappa shape index (κ3) is 2.51. The number of nitrogens with zero attached hydrogens (tertiary/aromatic N) is 1. The zero-order valence-corrected chi connectivity index (χ0v) is 10.7. The fourth-order valence-electron chi connectivity index (χ4n) is 2.93. The van der Waals surface area contributed by atoms with Crippen LogP contribution in [0, 0.1) is 11.8 Å². The molecule has 0 aromatic carbocycles. The number of fused-ring (bicyclic) bond motifs is 1. The molecule has 0 amide bonds. The Bertz CT molecular complexity index is 593. The van der Waals surface area contributed by atoms with Crippen LogP contribution in [0.2, 0.25) is 0 Å². The quantitative estimate of drug-likeness (QED) is 0.658. The smallest absolute Gasteiger partial charge is 0.381 e. The van der Waals surface area contributed by atoms with E-state index in [1.165, 1.54) is 6.20 Å². The van der Waals surface area contributed by atoms with Crippen molar-refractivity contribution in [3.05, 3.63) is 29.6 Å². The summed E-state index contributed by atoms with van der Waals surface area (Å²) in [7, 11) is 0. The largest absolute Gasteiger partial charge is 0.491 e. The van der Waals surface area contributed by atoms with Crippen molar-refractivity contribution in [2.75, 3.05) is 13.1 Å². The van der Waals surface area contributed by atoms with E-state index in [0.29, 0.717) is 17.4 Å². The van der Waals surface area contributed by atoms with Gasteiger partial charge in [0.15, 0.2) is 5.69 Å². The maximum Gasteiger partial charge on any atom is 0.491 e. The van der Waals surface area contributed by atoms with E-state index in [-0.39, 0.29) is 11.6 Å². The first-order valence-corrected chi connectivity index (χ1v) is 6.38. The van der Waals surface area contributed by atoms with Crippen LogP contribution < -0.4 is 5.32 Å². The van der Waals surface area contributed by atoms with E-state index in [1.807, 2.05) is 0 Å². The Kier molecular flexibility index (Phi) is 3.20. The number of rotatable bonds is 2. The lowest BCUT2D eigenvalue weighted by atomic mass is 10.1. The Morgan fingerprint density at radius 2 is 1.95 bits per heavy atom. The summed E-state index contributed by atoms with van der Waals surface area (Å²) in [4.78, 5) is 26.3. The first kappa shape index (κ1) is 14.0. The summed E-state index contributed by atoms with van der Waals surface area (Å²) in [6, 6.07) is 3.25. The molecule has 0 radical (unpaired) electrons. The molecule has 2 fully saturated rings. The molecule has 8 heteroatoms. The SMILES string of the molecule is O=C(OC(=O)C(F)(F)F)c1ncccc1C1C2CNCC21. The summed E-state index contributed by atoms with van der Waals surface area (Å²) in [5, 5.41) is 3.18. The molecule has 1 saturated carbocycles. The molecule has 5 nitrogen and oxygen atoms in total. The minimum absolute atomic E-state index is 0.0866. The average Bonchev–Trinajstić information content (AvgIpc) is 2.89. The minimum atomic E-state index is -5.20. The van der Waals surface area contributed by atoms with Crippen molar-refractivity contribution in [1.29, 1.82) is 0 Å². The second-order valence-electron chi connectivity index (χ2n) is 5.13. The highest BCUT2D eigenvalue weighted by atomic mass is 19.4. The van der Waals surface area contributed by atoms with Crippen LogP contribution in [0.4, 0.5) is 13.2 Å². The molecule has 1 N–H and O–H groups in total. The predicted octanol–water partition coefficient (Wildman–Crippen LogP) is 1.26. The van der Waals surface area contributed by atoms with E-state index in [4.69, 9.17) is 0 Å². The molecule has 21 heavy (non-hydrogen) atoms. The van der Waals surface area contributed by atoms with Gasteiger partial charge in [0.2, 0.25) is 0 Å². The standard InChI is InChI=1S/C13H11F3N2O3/c14-13(15,16)12(20)21-11(19)10-6(2-1-3-18-10)9-7-4-17-5-8(7)9/h1-3,7-9,17H,4-5H2. The number of alkyl halides is 3. The molecule has 3 rings (SSSR count). The van der Waals surface area contributed by atoms with Crippen molar-refractivity contribution in [3.63, 3.8) is 0 Å². The number of hydrogen-bond acceptors (Lipinski definition) is 5. The molecule has 2 unspecified atom stereocenters. The first-order chi connectivity index (χ1) is 9.89. The lowest BCUT2D eigenvalue weighted by molar-refractivity contribution is -0.193. The summed E-state index contributed by atoms with van der Waals surface area (Å²) in [6.45, 7) is 1.61. The third-order valence-electron chi connectivity index (χ3n) is 3.90. The van der Waals surface area contributed by atoms with Crippen LogP contribution in [-0.2, 0) is 9.53 Å². The van der Waals surface area contributed by atoms with Gasteiger partial charge in [-0.05, 0) is 42.5 Å². The molecule has 2 heterocycles. The van der Waals surface area contributed by atoms with E-state index in [0.717, 1.165) is 13.1 Å². The van der Waals surface area contributed by atoms with Crippen molar-refractivity contribution >= 4 is 11.9 Å². The summed E-state index contributed by atoms with van der Waals surface area (Å²) in [6.07, 6.45) is -3.92. The average molecular weight is 300 g/mol. The highest BCUT2D eigenvalue weighted by Crippen LogP contribution is 2.56. The Hall–Kier alpha value is -1.96. The van der Waals surface area contributed by atoms with Crippen LogP contribution in [0.3, 0.4) is 0 Å². The van der Waals surface area contributed by atoms with Crippen molar-refractivity contribution < 1.29 is 27.5 Å². The van der Waals surface area contributed by atoms with Crippen molar-refractivity contribution in [1.82, 2.24) is 10.3 Å². The normalized spacial score (nSPS) is 27.1. The third-order valence-corrected chi connectivity index (χ3v) is 3.90. The van der Waals surface area contributed by atoms with Crippen molar-refractivity contribution in [2.24, 2.45) is 11.8 Å². The lowest BCUT2D eigenvalue weighted by Gasteiger charge is -2.10. The predicted molar refractivity (Wildman–Crippen MR) is 63.3 cm³/mol. The Morgan fingerprint density at radius 1 is 1.29 bits per heavy atom. The van der Waals surface area contributed by atoms with Crippen LogP contribution in [0.5, 0.6) is 0 Å². The second kappa shape index (κ2) is 4.80. The molecular weight excluding hydrogens is 289 g/mol. The van der Waals surface area contributed by atoms with Gasteiger partial charge in [-0.15, -0.1) is 0 Å². The zero-order valence-electron chi connectivity index (χ0n) is 10.7. The molecule has 1 saturated heterocycles. The number of carbonyl (C=O) groups excluding carboxylic acids is 2. The van der Waals surface area contributed by atoms with Gasteiger partial charge in [0.25, 0.3) is 0 Å². The summed E-state index contributed by atoms with van der Waals surface area (Å²) >= 11 is 0. The van der Waals surface area contributed by atoms with E-state index < -0.39 is 18.1 Å². The molecule has 1 aromatic rings. The first-order valence-electron chi connectivity index (χ1n) is 6.38. The van der Waals surface area contributed by atoms with Crippen LogP contribution in [-0.4, -0.2) is 36.2 Å². The minimum Gasteiger partial charge on any atom is -0.381 e. The molecule has 112 valence electrons. The maximum atomic E-state index is 12.1. The Morgan fingerprint density at radius 3 is 2.57 bits per heavy atom. The number of carbonyl (C=O) groups is 2. The molecule has 0 spiro atoms. The van der Waals surface area contributed by atoms with E-state index >= 15 is 0 Å². The lowest BCUT2D eigenvalue weighted by Crippen LogP contribution is -2.28. The number of hydrogen-bond donors (Lipinski definition) is 1. The Labute approximate surface area is 117 Å². The topological polar surface area (TPSA) is 68.3 Å². The van der Waals surface area contributed by atoms with Crippen LogP contribution in [0.15, 0.2) is 18.3 Å². The monoisotopic (exact) mass is 300 g/mol. The molecule has 0 bridgehead atoms. The number of ether oxygens (including phenoxy) is 1. The zero-order chi connectivity index (χ0) is 15.2. The van der Waals surface area contributed by atoms with E-state index in [2.05, 4.69) is 15.0 Å². The van der Waals surface area contributed by atoms with Gasteiger partial charge < -0.3 is 10.1 Å². The van der Waals surface area contributed by atoms with Gasteiger partial charge in [-0.25, -0.2) is 14.6 Å². The highest BCUT2D eigenvalue weighted by molar-refractivity contribution is 5.98. The molecule has 1 aromatic heterocycles. The fourth-order valence-corrected chi connectivity index (χ4v) is 2.93. The van der Waals surface area contributed by atoms with Gasteiger partial charge in [0, 0.05) is 6.20 Å². The second-order valence-corrected chi connectivity index (χ2v) is 5.13. The maximum absolute atomic E-state index is 12.1. The van der Waals surface area contributed by atoms with Gasteiger partial charge in [0.1, 0.15) is 0 Å². The number of nitrogens with one attached hydrogen (secondary N) is 1. The molecule has 2 atom stereocenters. The van der Waals surface area contributed by atoms with Gasteiger partial charge >= 0.3 is 18.1 Å². The van der Waals surface area contributed by atoms with Gasteiger partial charge in [0.05, 0.1) is 0 Å². The Balaban J connectivity index is 1.80. The van der Waals surface area contributed by atoms with Crippen LogP contribution in [0.25, 0.3) is 0 Å². The van der Waals surface area contributed by atoms with Crippen molar-refractivity contribution in [3.8, 4) is 0 Å². The van der Waals surface area contributed by atoms with Gasteiger partial charge in [-0.1, -0.05) is 6.07 Å². The summed E-state index contributed by atoms with van der Waals surface area (Å²) in [5.41, 5.74) is 0.337. The molecule has 1 aliphatic heterocycles. The molecule has 1 aliphatic carbocycles. The molecular formula is C13H11F3N2O3. The number of aromatic nitrogens is 1. The van der Waals surface area contributed by atoms with Crippen LogP contribution >= 0.6 is 0 Å². The van der Waals surface area contributed by atoms with Gasteiger partial charge in [-0.2, -0.15) is 13.2 Å². The summed E-state index contributed by atoms with van der Waals surface area (Å²) < 4.78 is 40.2. The molecule has 2 aliphatic rings.